The van der Waals surface area contributed by atoms with Gasteiger partial charge in [0.1, 0.15) is 25.4 Å². The summed E-state index contributed by atoms with van der Waals surface area (Å²) in [5, 5.41) is 0. The van der Waals surface area contributed by atoms with E-state index in [1.807, 2.05) is 17.8 Å². The highest BCUT2D eigenvalue weighted by Gasteiger charge is 2.13. The van der Waals surface area contributed by atoms with Gasteiger partial charge in [-0.15, -0.1) is 0 Å². The van der Waals surface area contributed by atoms with Crippen LogP contribution in [0.1, 0.15) is 5.82 Å². The predicted octanol–water partition coefficient (Wildman–Crippen LogP) is -3.41. The Morgan fingerprint density at radius 1 is 1.33 bits per heavy atom. The van der Waals surface area contributed by atoms with E-state index >= 15 is 0 Å². The minimum absolute atomic E-state index is 0. The molecule has 0 amide bonds. The number of imidazole rings is 1. The van der Waals surface area contributed by atoms with Crippen LogP contribution in [0.2, 0.25) is 0 Å². The summed E-state index contributed by atoms with van der Waals surface area (Å²) in [6.45, 7) is 1.73. The van der Waals surface area contributed by atoms with Crippen molar-refractivity contribution in [3.63, 3.8) is 0 Å². The number of halogens is 1. The average molecular weight is 323 g/mol. The molecule has 0 aliphatic carbocycles. The molecule has 6 nitrogen and oxygen atoms in total. The Balaban J connectivity index is 0.00000289. The number of ether oxygens (including phenoxy) is 3. The van der Waals surface area contributed by atoms with Gasteiger partial charge in [0.05, 0.1) is 26.9 Å². The van der Waals surface area contributed by atoms with Gasteiger partial charge in [-0.1, -0.05) is 0 Å². The Morgan fingerprint density at radius 3 is 2.67 bits per heavy atom. The van der Waals surface area contributed by atoms with Crippen molar-refractivity contribution >= 4 is 5.97 Å². The summed E-state index contributed by atoms with van der Waals surface area (Å²) in [7, 11) is 3.48. The molecule has 1 aromatic heterocycles. The first kappa shape index (κ1) is 17.1. The third-order valence-electron chi connectivity index (χ3n) is 2.21. The van der Waals surface area contributed by atoms with Gasteiger partial charge in [-0.05, 0) is 0 Å². The van der Waals surface area contributed by atoms with E-state index in [-0.39, 0.29) is 36.0 Å². The number of aromatic amines is 1. The van der Waals surface area contributed by atoms with Gasteiger partial charge in [0.2, 0.25) is 0 Å². The number of aryl methyl sites for hydroxylation is 1. The first-order chi connectivity index (χ1) is 8.24. The van der Waals surface area contributed by atoms with Crippen molar-refractivity contribution in [3.05, 3.63) is 18.2 Å². The van der Waals surface area contributed by atoms with E-state index in [1.165, 1.54) is 0 Å². The molecule has 1 rings (SSSR count). The first-order valence-corrected chi connectivity index (χ1v) is 5.48. The van der Waals surface area contributed by atoms with Crippen LogP contribution in [0.5, 0.6) is 0 Å². The van der Waals surface area contributed by atoms with Gasteiger partial charge < -0.3 is 31.2 Å². The number of nitrogens with zero attached hydrogens (tertiary/aromatic N) is 1. The molecular formula is C11H19BrN2O4. The van der Waals surface area contributed by atoms with E-state index in [0.717, 1.165) is 5.82 Å². The van der Waals surface area contributed by atoms with Crippen LogP contribution in [0.15, 0.2) is 12.4 Å². The molecule has 7 heteroatoms. The van der Waals surface area contributed by atoms with E-state index in [9.17, 15) is 4.79 Å². The fourth-order valence-corrected chi connectivity index (χ4v) is 1.26. The van der Waals surface area contributed by atoms with Crippen molar-refractivity contribution in [2.75, 3.05) is 33.5 Å². The smallest absolute Gasteiger partial charge is 0.318 e. The lowest BCUT2D eigenvalue weighted by Gasteiger charge is -2.04. The number of hydrogen-bond acceptors (Lipinski definition) is 4. The Labute approximate surface area is 117 Å². The number of carbonyl (C=O) groups excluding carboxylic acids is 1. The first-order valence-electron chi connectivity index (χ1n) is 5.48. The summed E-state index contributed by atoms with van der Waals surface area (Å²) in [6, 6.07) is 0. The topological polar surface area (TPSA) is 64.4 Å². The zero-order valence-electron chi connectivity index (χ0n) is 10.6. The fraction of sp³-hybridized carbons (Fsp3) is 0.636. The van der Waals surface area contributed by atoms with Gasteiger partial charge in [0, 0.05) is 7.11 Å². The SMILES string of the molecule is COCCOCCOC(=O)Cc1[nH]cc[n+]1C.[Br-]. The average Bonchev–Trinajstić information content (AvgIpc) is 2.69. The molecule has 0 atom stereocenters. The quantitative estimate of drug-likeness (QED) is 0.308. The van der Waals surface area contributed by atoms with Crippen molar-refractivity contribution < 1.29 is 40.6 Å². The molecule has 0 spiro atoms. The molecule has 1 N–H and O–H groups in total. The van der Waals surface area contributed by atoms with Crippen LogP contribution in [-0.4, -0.2) is 44.5 Å². The number of methoxy groups -OCH3 is 1. The molecule has 18 heavy (non-hydrogen) atoms. The van der Waals surface area contributed by atoms with Crippen LogP contribution in [0.4, 0.5) is 0 Å². The van der Waals surface area contributed by atoms with Crippen LogP contribution in [-0.2, 0) is 32.5 Å². The van der Waals surface area contributed by atoms with E-state index in [2.05, 4.69) is 4.98 Å². The highest BCUT2D eigenvalue weighted by Crippen LogP contribution is 1.91. The fourth-order valence-electron chi connectivity index (χ4n) is 1.26. The number of carbonyl (C=O) groups is 1. The molecule has 0 aromatic carbocycles. The number of aromatic nitrogens is 2. The van der Waals surface area contributed by atoms with E-state index in [1.54, 1.807) is 13.3 Å². The molecule has 0 fully saturated rings. The minimum atomic E-state index is -0.265. The van der Waals surface area contributed by atoms with Crippen molar-refractivity contribution in [1.29, 1.82) is 0 Å². The molecule has 0 saturated heterocycles. The second-order valence-electron chi connectivity index (χ2n) is 3.52. The van der Waals surface area contributed by atoms with E-state index in [0.29, 0.717) is 19.8 Å². The molecule has 1 aromatic rings. The lowest BCUT2D eigenvalue weighted by molar-refractivity contribution is -0.677. The Kier molecular flexibility index (Phi) is 9.53. The molecule has 0 aliphatic heterocycles. The van der Waals surface area contributed by atoms with Crippen LogP contribution in [0.3, 0.4) is 0 Å². The number of nitrogens with one attached hydrogen (secondary N) is 1. The molecular weight excluding hydrogens is 304 g/mol. The van der Waals surface area contributed by atoms with E-state index < -0.39 is 0 Å². The molecule has 0 aliphatic rings. The molecule has 0 saturated carbocycles. The normalized spacial score (nSPS) is 9.89. The third-order valence-corrected chi connectivity index (χ3v) is 2.21. The zero-order valence-corrected chi connectivity index (χ0v) is 12.2. The van der Waals surface area contributed by atoms with Crippen molar-refractivity contribution in [2.45, 2.75) is 6.42 Å². The summed E-state index contributed by atoms with van der Waals surface area (Å²) in [5.41, 5.74) is 0. The summed E-state index contributed by atoms with van der Waals surface area (Å²) in [4.78, 5) is 14.4. The van der Waals surface area contributed by atoms with Crippen LogP contribution in [0, 0.1) is 0 Å². The van der Waals surface area contributed by atoms with Gasteiger partial charge in [-0.25, -0.2) is 9.55 Å². The van der Waals surface area contributed by atoms with Gasteiger partial charge in [0.15, 0.2) is 0 Å². The number of esters is 1. The number of hydrogen-bond donors (Lipinski definition) is 1. The molecule has 0 radical (unpaired) electrons. The van der Waals surface area contributed by atoms with Crippen LogP contribution in [0.25, 0.3) is 0 Å². The summed E-state index contributed by atoms with van der Waals surface area (Å²) in [5.74, 6) is 0.550. The van der Waals surface area contributed by atoms with Crippen LogP contribution >= 0.6 is 0 Å². The van der Waals surface area contributed by atoms with Crippen molar-refractivity contribution in [1.82, 2.24) is 4.98 Å². The third kappa shape index (κ3) is 6.73. The number of H-pyrrole nitrogens is 1. The molecule has 0 bridgehead atoms. The van der Waals surface area contributed by atoms with Crippen molar-refractivity contribution in [3.8, 4) is 0 Å². The Bertz CT molecular complexity index is 344. The number of rotatable bonds is 8. The largest absolute Gasteiger partial charge is 1.00 e. The monoisotopic (exact) mass is 322 g/mol. The maximum Gasteiger partial charge on any atom is 0.318 e. The van der Waals surface area contributed by atoms with Crippen molar-refractivity contribution in [2.24, 2.45) is 7.05 Å². The van der Waals surface area contributed by atoms with Gasteiger partial charge in [-0.3, -0.25) is 4.79 Å². The summed E-state index contributed by atoms with van der Waals surface area (Å²) in [6.07, 6.45) is 3.86. The Hall–Kier alpha value is -0.920. The highest BCUT2D eigenvalue weighted by molar-refractivity contribution is 5.71. The Morgan fingerprint density at radius 2 is 2.06 bits per heavy atom. The maximum absolute atomic E-state index is 11.4. The second kappa shape index (κ2) is 10.0. The molecule has 0 unspecified atom stereocenters. The summed E-state index contributed by atoms with van der Waals surface area (Å²) >= 11 is 0. The standard InChI is InChI=1S/C11H18N2O4.BrH/c1-13-4-3-12-10(13)9-11(14)17-8-7-16-6-5-15-2;/h3-4H,5-9H2,1-2H3;1H. The molecule has 104 valence electrons. The lowest BCUT2D eigenvalue weighted by atomic mass is 10.4. The molecule has 1 heterocycles. The van der Waals surface area contributed by atoms with Crippen LogP contribution < -0.4 is 21.5 Å². The second-order valence-corrected chi connectivity index (χ2v) is 3.52. The maximum atomic E-state index is 11.4. The van der Waals surface area contributed by atoms with Gasteiger partial charge >= 0.3 is 5.97 Å². The summed E-state index contributed by atoms with van der Waals surface area (Å²) < 4.78 is 16.8. The minimum Gasteiger partial charge on any atom is -1.00 e. The van der Waals surface area contributed by atoms with Gasteiger partial charge in [0.25, 0.3) is 5.82 Å². The predicted molar refractivity (Wildman–Crippen MR) is 59.3 cm³/mol. The highest BCUT2D eigenvalue weighted by atomic mass is 79.9. The lowest BCUT2D eigenvalue weighted by Crippen LogP contribution is -3.00. The van der Waals surface area contributed by atoms with E-state index in [4.69, 9.17) is 14.2 Å². The zero-order chi connectivity index (χ0) is 12.5. The van der Waals surface area contributed by atoms with Gasteiger partial charge in [-0.2, -0.15) is 0 Å².